The molecule has 1 heteroatoms. The van der Waals surface area contributed by atoms with Crippen molar-refractivity contribution >= 4 is 0 Å². The second kappa shape index (κ2) is 6.30. The van der Waals surface area contributed by atoms with E-state index in [1.165, 1.54) is 37.7 Å². The first-order valence-corrected chi connectivity index (χ1v) is 8.37. The molecule has 1 aromatic carbocycles. The number of hydrogen-bond acceptors (Lipinski definition) is 1. The second-order valence-electron chi connectivity index (χ2n) is 6.89. The zero-order valence-corrected chi connectivity index (χ0v) is 13.8. The molecule has 0 aromatic heterocycles. The lowest BCUT2D eigenvalue weighted by Crippen LogP contribution is -2.54. The number of benzene rings is 1. The maximum Gasteiger partial charge on any atom is 0.00884 e. The van der Waals surface area contributed by atoms with Gasteiger partial charge in [-0.3, -0.25) is 0 Å². The molecule has 0 amide bonds. The summed E-state index contributed by atoms with van der Waals surface area (Å²) < 4.78 is 0. The van der Waals surface area contributed by atoms with E-state index in [-0.39, 0.29) is 0 Å². The molecular weight excluding hydrogens is 242 g/mol. The first-order chi connectivity index (χ1) is 9.60. The van der Waals surface area contributed by atoms with Crippen LogP contribution in [0.1, 0.15) is 64.0 Å². The normalized spacial score (nSPS) is 19.6. The zero-order chi connectivity index (χ0) is 14.6. The van der Waals surface area contributed by atoms with Gasteiger partial charge in [-0.1, -0.05) is 63.4 Å². The van der Waals surface area contributed by atoms with Crippen molar-refractivity contribution in [2.75, 3.05) is 13.1 Å². The molecule has 0 bridgehead atoms. The minimum atomic E-state index is 0.382. The molecular formula is C19H31N. The van der Waals surface area contributed by atoms with Crippen molar-refractivity contribution in [3.8, 4) is 0 Å². The van der Waals surface area contributed by atoms with Crippen LogP contribution in [0.3, 0.4) is 0 Å². The Morgan fingerprint density at radius 1 is 1.10 bits per heavy atom. The van der Waals surface area contributed by atoms with E-state index in [1.807, 2.05) is 0 Å². The van der Waals surface area contributed by atoms with Gasteiger partial charge in [0.15, 0.2) is 0 Å². The molecule has 0 atom stereocenters. The summed E-state index contributed by atoms with van der Waals surface area (Å²) in [5, 5.41) is 3.68. The molecule has 1 fully saturated rings. The third-order valence-electron chi connectivity index (χ3n) is 5.45. The number of aryl methyl sites for hydroxylation is 1. The summed E-state index contributed by atoms with van der Waals surface area (Å²) in [6.45, 7) is 11.5. The van der Waals surface area contributed by atoms with Gasteiger partial charge >= 0.3 is 0 Å². The average molecular weight is 273 g/mol. The summed E-state index contributed by atoms with van der Waals surface area (Å²) in [6, 6.07) is 9.19. The van der Waals surface area contributed by atoms with Crippen LogP contribution in [-0.4, -0.2) is 13.1 Å². The minimum absolute atomic E-state index is 0.382. The molecule has 0 spiro atoms. The molecule has 0 aliphatic heterocycles. The number of hydrogen-bond donors (Lipinski definition) is 1. The summed E-state index contributed by atoms with van der Waals surface area (Å²) in [6.07, 6.45) is 6.58. The highest BCUT2D eigenvalue weighted by Gasteiger charge is 2.52. The van der Waals surface area contributed by atoms with Gasteiger partial charge in [-0.15, -0.1) is 0 Å². The zero-order valence-electron chi connectivity index (χ0n) is 13.8. The van der Waals surface area contributed by atoms with Crippen LogP contribution in [0.25, 0.3) is 0 Å². The lowest BCUT2D eigenvalue weighted by molar-refractivity contribution is 0.0130. The second-order valence-corrected chi connectivity index (χ2v) is 6.89. The summed E-state index contributed by atoms with van der Waals surface area (Å²) in [5.41, 5.74) is 3.92. The molecule has 0 unspecified atom stereocenters. The molecule has 1 aliphatic carbocycles. The van der Waals surface area contributed by atoms with Crippen molar-refractivity contribution in [3.63, 3.8) is 0 Å². The maximum absolute atomic E-state index is 3.68. The molecule has 1 N–H and O–H groups in total. The van der Waals surface area contributed by atoms with Crippen LogP contribution < -0.4 is 5.32 Å². The first-order valence-electron chi connectivity index (χ1n) is 8.37. The topological polar surface area (TPSA) is 12.0 Å². The molecule has 1 aromatic rings. The maximum atomic E-state index is 3.68. The highest BCUT2D eigenvalue weighted by atomic mass is 14.9. The Labute approximate surface area is 125 Å². The minimum Gasteiger partial charge on any atom is -0.316 e. The van der Waals surface area contributed by atoms with Crippen LogP contribution in [0.15, 0.2) is 24.3 Å². The van der Waals surface area contributed by atoms with Crippen LogP contribution in [-0.2, 0) is 5.41 Å². The van der Waals surface area contributed by atoms with Gasteiger partial charge in [-0.05, 0) is 43.7 Å². The van der Waals surface area contributed by atoms with Gasteiger partial charge in [-0.2, -0.15) is 0 Å². The van der Waals surface area contributed by atoms with Crippen LogP contribution in [0.5, 0.6) is 0 Å². The summed E-state index contributed by atoms with van der Waals surface area (Å²) in [5.74, 6) is 0. The van der Waals surface area contributed by atoms with Gasteiger partial charge in [0.1, 0.15) is 0 Å². The largest absolute Gasteiger partial charge is 0.316 e. The van der Waals surface area contributed by atoms with E-state index >= 15 is 0 Å². The molecule has 1 nitrogen and oxygen atoms in total. The molecule has 20 heavy (non-hydrogen) atoms. The Kier molecular flexibility index (Phi) is 4.90. The van der Waals surface area contributed by atoms with Gasteiger partial charge < -0.3 is 5.32 Å². The van der Waals surface area contributed by atoms with E-state index < -0.39 is 0 Å². The molecule has 0 heterocycles. The third-order valence-corrected chi connectivity index (χ3v) is 5.45. The lowest BCUT2D eigenvalue weighted by atomic mass is 9.48. The number of rotatable bonds is 7. The molecule has 2 rings (SSSR count). The number of nitrogens with one attached hydrogen (secondary N) is 1. The van der Waals surface area contributed by atoms with Crippen molar-refractivity contribution in [3.05, 3.63) is 35.4 Å². The molecule has 0 saturated heterocycles. The van der Waals surface area contributed by atoms with E-state index in [4.69, 9.17) is 0 Å². The van der Waals surface area contributed by atoms with Crippen molar-refractivity contribution in [2.24, 2.45) is 5.41 Å². The predicted molar refractivity (Wildman–Crippen MR) is 88.3 cm³/mol. The molecule has 112 valence electrons. The van der Waals surface area contributed by atoms with E-state index in [0.29, 0.717) is 10.8 Å². The van der Waals surface area contributed by atoms with Gasteiger partial charge in [-0.25, -0.2) is 0 Å². The monoisotopic (exact) mass is 273 g/mol. The van der Waals surface area contributed by atoms with Crippen molar-refractivity contribution in [1.29, 1.82) is 0 Å². The molecule has 0 radical (unpaired) electrons. The quantitative estimate of drug-likeness (QED) is 0.701. The van der Waals surface area contributed by atoms with Gasteiger partial charge in [0.25, 0.3) is 0 Å². The van der Waals surface area contributed by atoms with E-state index in [9.17, 15) is 0 Å². The predicted octanol–water partition coefficient (Wildman–Crippen LogP) is 4.83. The standard InChI is InChI=1S/C19H31N/c1-5-11-20-15-19(13-18(6-2,7-3)14-19)17-10-8-9-16(4)12-17/h8-10,12,20H,5-7,11,13-15H2,1-4H3. The summed E-state index contributed by atoms with van der Waals surface area (Å²) in [7, 11) is 0. The average Bonchev–Trinajstić information content (AvgIpc) is 2.42. The van der Waals surface area contributed by atoms with Crippen molar-refractivity contribution < 1.29 is 0 Å². The van der Waals surface area contributed by atoms with E-state index in [2.05, 4.69) is 57.3 Å². The fourth-order valence-electron chi connectivity index (χ4n) is 4.04. The Morgan fingerprint density at radius 3 is 2.35 bits per heavy atom. The van der Waals surface area contributed by atoms with Crippen LogP contribution in [0.4, 0.5) is 0 Å². The highest BCUT2D eigenvalue weighted by molar-refractivity contribution is 5.34. The van der Waals surface area contributed by atoms with Gasteiger partial charge in [0.2, 0.25) is 0 Å². The van der Waals surface area contributed by atoms with Crippen LogP contribution >= 0.6 is 0 Å². The third kappa shape index (κ3) is 2.93. The van der Waals surface area contributed by atoms with E-state index in [0.717, 1.165) is 13.1 Å². The van der Waals surface area contributed by atoms with Gasteiger partial charge in [0.05, 0.1) is 0 Å². The SMILES string of the molecule is CCCNCC1(c2cccc(C)c2)CC(CC)(CC)C1. The lowest BCUT2D eigenvalue weighted by Gasteiger charge is -2.57. The Morgan fingerprint density at radius 2 is 1.80 bits per heavy atom. The first kappa shape index (κ1) is 15.6. The smallest absolute Gasteiger partial charge is 0.00884 e. The molecule has 1 saturated carbocycles. The molecule has 1 aliphatic rings. The fraction of sp³-hybridized carbons (Fsp3) is 0.684. The summed E-state index contributed by atoms with van der Waals surface area (Å²) >= 11 is 0. The Hall–Kier alpha value is -0.820. The summed E-state index contributed by atoms with van der Waals surface area (Å²) in [4.78, 5) is 0. The highest BCUT2D eigenvalue weighted by Crippen LogP contribution is 2.59. The fourth-order valence-corrected chi connectivity index (χ4v) is 4.04. The van der Waals surface area contributed by atoms with E-state index in [1.54, 1.807) is 5.56 Å². The van der Waals surface area contributed by atoms with Gasteiger partial charge in [0, 0.05) is 12.0 Å². The Bertz CT molecular complexity index is 423. The van der Waals surface area contributed by atoms with Crippen molar-refractivity contribution in [1.82, 2.24) is 5.32 Å². The van der Waals surface area contributed by atoms with Crippen LogP contribution in [0, 0.1) is 12.3 Å². The Balaban J connectivity index is 2.19. The van der Waals surface area contributed by atoms with Crippen LogP contribution in [0.2, 0.25) is 0 Å². The van der Waals surface area contributed by atoms with Crippen molar-refractivity contribution in [2.45, 2.75) is 65.2 Å².